The number of likely N-dealkylation sites (tertiary alicyclic amines) is 1. The molecule has 2 heterocycles. The summed E-state index contributed by atoms with van der Waals surface area (Å²) in [7, 11) is 0. The fraction of sp³-hybridized carbons (Fsp3) is 0.588. The van der Waals surface area contributed by atoms with Crippen LogP contribution in [0.2, 0.25) is 10.0 Å². The van der Waals surface area contributed by atoms with Crippen LogP contribution in [0.3, 0.4) is 0 Å². The summed E-state index contributed by atoms with van der Waals surface area (Å²) in [5.41, 5.74) is 0. The van der Waals surface area contributed by atoms with E-state index in [4.69, 9.17) is 32.7 Å². The number of carbonyl (C=O) groups is 1. The Kier molecular flexibility index (Phi) is 5.87. The van der Waals surface area contributed by atoms with Gasteiger partial charge in [-0.15, -0.1) is 0 Å². The van der Waals surface area contributed by atoms with E-state index in [-0.39, 0.29) is 24.5 Å². The summed E-state index contributed by atoms with van der Waals surface area (Å²) in [5.74, 6) is 0.356. The first kappa shape index (κ1) is 17.8. The fourth-order valence-electron chi connectivity index (χ4n) is 3.50. The zero-order valence-corrected chi connectivity index (χ0v) is 14.8. The molecular weight excluding hydrogens is 353 g/mol. The van der Waals surface area contributed by atoms with E-state index in [2.05, 4.69) is 0 Å². The molecule has 132 valence electrons. The van der Waals surface area contributed by atoms with Crippen molar-refractivity contribution in [3.63, 3.8) is 0 Å². The Bertz CT molecular complexity index is 578. The van der Waals surface area contributed by atoms with E-state index >= 15 is 0 Å². The number of rotatable bonds is 4. The number of hydrogen-bond donors (Lipinski definition) is 1. The van der Waals surface area contributed by atoms with E-state index in [0.29, 0.717) is 42.0 Å². The number of nitrogens with zero attached hydrogens (tertiary/aromatic N) is 1. The van der Waals surface area contributed by atoms with Crippen molar-refractivity contribution in [3.8, 4) is 5.75 Å². The van der Waals surface area contributed by atoms with Gasteiger partial charge >= 0.3 is 0 Å². The fourth-order valence-corrected chi connectivity index (χ4v) is 4.01. The molecule has 7 heteroatoms. The van der Waals surface area contributed by atoms with Crippen molar-refractivity contribution in [3.05, 3.63) is 28.2 Å². The predicted octanol–water partition coefficient (Wildman–Crippen LogP) is 2.76. The predicted molar refractivity (Wildman–Crippen MR) is 91.6 cm³/mol. The van der Waals surface area contributed by atoms with Gasteiger partial charge in [0, 0.05) is 35.2 Å². The molecular formula is C17H21Cl2NO4. The van der Waals surface area contributed by atoms with Crippen LogP contribution in [0.25, 0.3) is 0 Å². The number of aliphatic hydroxyl groups is 1. The van der Waals surface area contributed by atoms with Crippen molar-refractivity contribution < 1.29 is 19.4 Å². The van der Waals surface area contributed by atoms with Crippen LogP contribution in [0.4, 0.5) is 0 Å². The van der Waals surface area contributed by atoms with Gasteiger partial charge in [-0.1, -0.05) is 23.2 Å². The van der Waals surface area contributed by atoms with Gasteiger partial charge in [0.2, 0.25) is 0 Å². The van der Waals surface area contributed by atoms with E-state index in [0.717, 1.165) is 12.8 Å². The van der Waals surface area contributed by atoms with Crippen LogP contribution in [0.15, 0.2) is 18.2 Å². The molecule has 24 heavy (non-hydrogen) atoms. The summed E-state index contributed by atoms with van der Waals surface area (Å²) >= 11 is 11.9. The second-order valence-corrected chi connectivity index (χ2v) is 7.16. The summed E-state index contributed by atoms with van der Waals surface area (Å²) in [6.45, 7) is 1.70. The third-order valence-electron chi connectivity index (χ3n) is 4.67. The number of hydrogen-bond acceptors (Lipinski definition) is 4. The molecule has 0 bridgehead atoms. The number of carbonyl (C=O) groups excluding carboxylic acids is 1. The molecule has 0 unspecified atom stereocenters. The number of ether oxygens (including phenoxy) is 2. The highest BCUT2D eigenvalue weighted by Crippen LogP contribution is 2.30. The molecule has 5 nitrogen and oxygen atoms in total. The smallest absolute Gasteiger partial charge is 0.260 e. The largest absolute Gasteiger partial charge is 0.484 e. The average molecular weight is 374 g/mol. The molecule has 1 amide bonds. The Morgan fingerprint density at radius 1 is 1.29 bits per heavy atom. The number of halogens is 2. The quantitative estimate of drug-likeness (QED) is 0.881. The third kappa shape index (κ3) is 4.14. The minimum absolute atomic E-state index is 0.0133. The number of aliphatic hydroxyl groups excluding tert-OH is 1. The Morgan fingerprint density at radius 2 is 2.04 bits per heavy atom. The lowest BCUT2D eigenvalue weighted by Crippen LogP contribution is -2.49. The Hall–Kier alpha value is -1.01. The molecule has 3 rings (SSSR count). The topological polar surface area (TPSA) is 59.0 Å². The van der Waals surface area contributed by atoms with E-state index in [9.17, 15) is 9.90 Å². The Balaban J connectivity index is 1.61. The number of amides is 1. The zero-order chi connectivity index (χ0) is 17.1. The highest BCUT2D eigenvalue weighted by Gasteiger charge is 2.39. The summed E-state index contributed by atoms with van der Waals surface area (Å²) < 4.78 is 11.0. The van der Waals surface area contributed by atoms with Crippen LogP contribution in [0, 0.1) is 5.92 Å². The maximum atomic E-state index is 12.6. The van der Waals surface area contributed by atoms with Crippen molar-refractivity contribution in [2.45, 2.75) is 31.4 Å². The summed E-state index contributed by atoms with van der Waals surface area (Å²) in [4.78, 5) is 14.4. The van der Waals surface area contributed by atoms with E-state index in [1.165, 1.54) is 0 Å². The normalized spacial score (nSPS) is 27.3. The maximum absolute atomic E-state index is 12.6. The van der Waals surface area contributed by atoms with Gasteiger partial charge in [0.05, 0.1) is 12.7 Å². The zero-order valence-electron chi connectivity index (χ0n) is 13.3. The van der Waals surface area contributed by atoms with Crippen LogP contribution in [0.5, 0.6) is 5.75 Å². The van der Waals surface area contributed by atoms with Gasteiger partial charge in [-0.25, -0.2) is 0 Å². The lowest BCUT2D eigenvalue weighted by molar-refractivity contribution is -0.138. The van der Waals surface area contributed by atoms with Gasteiger partial charge in [-0.3, -0.25) is 4.79 Å². The van der Waals surface area contributed by atoms with Gasteiger partial charge in [-0.2, -0.15) is 0 Å². The van der Waals surface area contributed by atoms with E-state index < -0.39 is 6.10 Å². The lowest BCUT2D eigenvalue weighted by Gasteiger charge is -2.36. The van der Waals surface area contributed by atoms with Crippen LogP contribution in [0.1, 0.15) is 19.3 Å². The molecule has 1 aromatic rings. The van der Waals surface area contributed by atoms with Crippen molar-refractivity contribution in [1.82, 2.24) is 4.90 Å². The molecule has 1 aromatic carbocycles. The van der Waals surface area contributed by atoms with Crippen molar-refractivity contribution in [2.24, 2.45) is 5.92 Å². The van der Waals surface area contributed by atoms with Gasteiger partial charge < -0.3 is 19.5 Å². The minimum atomic E-state index is -0.412. The van der Waals surface area contributed by atoms with Crippen LogP contribution < -0.4 is 4.74 Å². The highest BCUT2D eigenvalue weighted by molar-refractivity contribution is 6.34. The van der Waals surface area contributed by atoms with Gasteiger partial charge in [-0.05, 0) is 37.5 Å². The summed E-state index contributed by atoms with van der Waals surface area (Å²) in [6, 6.07) is 4.87. The van der Waals surface area contributed by atoms with Gasteiger partial charge in [0.25, 0.3) is 5.91 Å². The molecule has 1 N–H and O–H groups in total. The third-order valence-corrected chi connectivity index (χ3v) is 5.11. The first-order valence-electron chi connectivity index (χ1n) is 8.19. The SMILES string of the molecule is O=C(COc1cc(Cl)cc(Cl)c1)N1CCC[C@@H]1[C@H]1COCC[C@@H]1O. The second kappa shape index (κ2) is 7.91. The van der Waals surface area contributed by atoms with Crippen molar-refractivity contribution >= 4 is 29.1 Å². The standard InChI is InChI=1S/C17H21Cl2NO4/c18-11-6-12(19)8-13(7-11)24-10-17(22)20-4-1-2-15(20)14-9-23-5-3-16(14)21/h6-8,14-16,21H,1-5,9-10H2/t14-,15-,16+/m1/s1. The van der Waals surface area contributed by atoms with E-state index in [1.807, 2.05) is 4.90 Å². The van der Waals surface area contributed by atoms with Crippen LogP contribution >= 0.6 is 23.2 Å². The molecule has 2 aliphatic heterocycles. The first-order chi connectivity index (χ1) is 11.5. The van der Waals surface area contributed by atoms with Gasteiger partial charge in [0.1, 0.15) is 5.75 Å². The van der Waals surface area contributed by atoms with Crippen LogP contribution in [-0.4, -0.2) is 54.4 Å². The maximum Gasteiger partial charge on any atom is 0.260 e. The number of benzene rings is 1. The lowest BCUT2D eigenvalue weighted by atomic mass is 9.89. The van der Waals surface area contributed by atoms with Crippen molar-refractivity contribution in [1.29, 1.82) is 0 Å². The minimum Gasteiger partial charge on any atom is -0.484 e. The molecule has 2 saturated heterocycles. The molecule has 2 fully saturated rings. The summed E-state index contributed by atoms with van der Waals surface area (Å²) in [6.07, 6.45) is 2.04. The molecule has 2 aliphatic rings. The molecule has 0 spiro atoms. The molecule has 3 atom stereocenters. The van der Waals surface area contributed by atoms with E-state index in [1.54, 1.807) is 18.2 Å². The Labute approximate surface area is 151 Å². The molecule has 0 aliphatic carbocycles. The highest BCUT2D eigenvalue weighted by atomic mass is 35.5. The molecule has 0 radical (unpaired) electrons. The first-order valence-corrected chi connectivity index (χ1v) is 8.94. The monoisotopic (exact) mass is 373 g/mol. The molecule has 0 saturated carbocycles. The van der Waals surface area contributed by atoms with Crippen molar-refractivity contribution in [2.75, 3.05) is 26.4 Å². The summed E-state index contributed by atoms with van der Waals surface area (Å²) in [5, 5.41) is 11.1. The van der Waals surface area contributed by atoms with Gasteiger partial charge in [0.15, 0.2) is 6.61 Å². The molecule has 0 aromatic heterocycles. The van der Waals surface area contributed by atoms with Crippen LogP contribution in [-0.2, 0) is 9.53 Å². The average Bonchev–Trinajstić information content (AvgIpc) is 3.01. The Morgan fingerprint density at radius 3 is 2.75 bits per heavy atom. The second-order valence-electron chi connectivity index (χ2n) is 6.29.